The van der Waals surface area contributed by atoms with E-state index in [2.05, 4.69) is 10.6 Å². The van der Waals surface area contributed by atoms with Gasteiger partial charge < -0.3 is 20.5 Å². The van der Waals surface area contributed by atoms with Crippen LogP contribution < -0.4 is 15.4 Å². The molecule has 0 aromatic heterocycles. The van der Waals surface area contributed by atoms with Gasteiger partial charge in [-0.15, -0.1) is 0 Å². The number of carbonyl (C=O) groups is 1. The predicted octanol–water partition coefficient (Wildman–Crippen LogP) is 2.24. The first-order valence-electron chi connectivity index (χ1n) is 7.78. The lowest BCUT2D eigenvalue weighted by molar-refractivity contribution is -0.121. The fourth-order valence-corrected chi connectivity index (χ4v) is 2.80. The van der Waals surface area contributed by atoms with E-state index in [9.17, 15) is 9.90 Å². The second-order valence-corrected chi connectivity index (χ2v) is 6.50. The van der Waals surface area contributed by atoms with Crippen LogP contribution in [0, 0.1) is 5.92 Å². The summed E-state index contributed by atoms with van der Waals surface area (Å²) in [7, 11) is 0. The van der Waals surface area contributed by atoms with Gasteiger partial charge >= 0.3 is 0 Å². The number of halogens is 2. The van der Waals surface area contributed by atoms with E-state index in [1.807, 2.05) is 0 Å². The predicted molar refractivity (Wildman–Crippen MR) is 91.2 cm³/mol. The Balaban J connectivity index is 1.63. The van der Waals surface area contributed by atoms with Gasteiger partial charge in [0.2, 0.25) is 5.91 Å². The number of hydrogen-bond donors (Lipinski definition) is 3. The second kappa shape index (κ2) is 9.33. The van der Waals surface area contributed by atoms with Crippen LogP contribution in [0.3, 0.4) is 0 Å². The summed E-state index contributed by atoms with van der Waals surface area (Å²) in [5, 5.41) is 16.6. The Kier molecular flexibility index (Phi) is 7.43. The van der Waals surface area contributed by atoms with E-state index < -0.39 is 6.10 Å². The number of rotatable bonds is 8. The molecule has 1 saturated heterocycles. The van der Waals surface area contributed by atoms with Gasteiger partial charge in [-0.25, -0.2) is 0 Å². The van der Waals surface area contributed by atoms with Crippen molar-refractivity contribution in [3.05, 3.63) is 28.2 Å². The molecule has 128 valence electrons. The molecule has 0 saturated carbocycles. The van der Waals surface area contributed by atoms with Crippen molar-refractivity contribution in [3.63, 3.8) is 0 Å². The SMILES string of the molecule is O=C(CCC1CCNC1)NCC(O)COc1cccc(Cl)c1Cl. The third-order valence-electron chi connectivity index (χ3n) is 3.82. The normalized spacial score (nSPS) is 18.7. The summed E-state index contributed by atoms with van der Waals surface area (Å²) in [6, 6.07) is 5.05. The quantitative estimate of drug-likeness (QED) is 0.664. The van der Waals surface area contributed by atoms with Gasteiger partial charge in [0.15, 0.2) is 0 Å². The van der Waals surface area contributed by atoms with Gasteiger partial charge in [-0.05, 0) is 44.0 Å². The first-order chi connectivity index (χ1) is 11.1. The molecule has 1 aliphatic heterocycles. The van der Waals surface area contributed by atoms with Crippen molar-refractivity contribution in [1.29, 1.82) is 0 Å². The highest BCUT2D eigenvalue weighted by Crippen LogP contribution is 2.31. The van der Waals surface area contributed by atoms with Crippen LogP contribution in [-0.2, 0) is 4.79 Å². The number of carbonyl (C=O) groups excluding carboxylic acids is 1. The lowest BCUT2D eigenvalue weighted by Crippen LogP contribution is -2.35. The molecule has 1 fully saturated rings. The van der Waals surface area contributed by atoms with Crippen LogP contribution in [0.5, 0.6) is 5.75 Å². The zero-order chi connectivity index (χ0) is 16.7. The van der Waals surface area contributed by atoms with E-state index in [1.54, 1.807) is 18.2 Å². The number of aliphatic hydroxyl groups excluding tert-OH is 1. The Morgan fingerprint density at radius 3 is 3.04 bits per heavy atom. The minimum Gasteiger partial charge on any atom is -0.489 e. The molecule has 2 atom stereocenters. The minimum atomic E-state index is -0.804. The lowest BCUT2D eigenvalue weighted by atomic mass is 10.0. The molecule has 2 unspecified atom stereocenters. The largest absolute Gasteiger partial charge is 0.489 e. The molecule has 7 heteroatoms. The van der Waals surface area contributed by atoms with Crippen LogP contribution in [0.4, 0.5) is 0 Å². The molecule has 5 nitrogen and oxygen atoms in total. The highest BCUT2D eigenvalue weighted by Gasteiger charge is 2.16. The van der Waals surface area contributed by atoms with Crippen LogP contribution in [-0.4, -0.2) is 43.4 Å². The number of benzene rings is 1. The summed E-state index contributed by atoms with van der Waals surface area (Å²) in [6.45, 7) is 2.21. The Bertz CT molecular complexity index is 522. The molecule has 1 aromatic carbocycles. The summed E-state index contributed by atoms with van der Waals surface area (Å²) in [5.41, 5.74) is 0. The van der Waals surface area contributed by atoms with Crippen molar-refractivity contribution in [1.82, 2.24) is 10.6 Å². The number of amides is 1. The maximum atomic E-state index is 11.8. The van der Waals surface area contributed by atoms with Crippen LogP contribution in [0.25, 0.3) is 0 Å². The third-order valence-corrected chi connectivity index (χ3v) is 4.63. The molecule has 0 bridgehead atoms. The Morgan fingerprint density at radius 1 is 1.48 bits per heavy atom. The average molecular weight is 361 g/mol. The average Bonchev–Trinajstić information content (AvgIpc) is 3.05. The van der Waals surface area contributed by atoms with Crippen LogP contribution in [0.1, 0.15) is 19.3 Å². The fourth-order valence-electron chi connectivity index (χ4n) is 2.46. The zero-order valence-corrected chi connectivity index (χ0v) is 14.4. The van der Waals surface area contributed by atoms with Gasteiger partial charge in [-0.2, -0.15) is 0 Å². The highest BCUT2D eigenvalue weighted by molar-refractivity contribution is 6.42. The molecule has 1 amide bonds. The van der Waals surface area contributed by atoms with Gasteiger partial charge in [0.05, 0.1) is 5.02 Å². The van der Waals surface area contributed by atoms with Crippen molar-refractivity contribution in [2.75, 3.05) is 26.2 Å². The maximum Gasteiger partial charge on any atom is 0.220 e. The van der Waals surface area contributed by atoms with E-state index in [1.165, 1.54) is 0 Å². The molecule has 1 heterocycles. The van der Waals surface area contributed by atoms with E-state index >= 15 is 0 Å². The summed E-state index contributed by atoms with van der Waals surface area (Å²) in [5.74, 6) is 0.953. The highest BCUT2D eigenvalue weighted by atomic mass is 35.5. The number of ether oxygens (including phenoxy) is 1. The second-order valence-electron chi connectivity index (χ2n) is 5.72. The Morgan fingerprint density at radius 2 is 2.30 bits per heavy atom. The van der Waals surface area contributed by atoms with E-state index in [-0.39, 0.29) is 19.1 Å². The Labute approximate surface area is 146 Å². The number of aliphatic hydroxyl groups is 1. The monoisotopic (exact) mass is 360 g/mol. The van der Waals surface area contributed by atoms with Crippen LogP contribution in [0.15, 0.2) is 18.2 Å². The molecule has 2 rings (SSSR count). The van der Waals surface area contributed by atoms with Crippen molar-refractivity contribution in [2.24, 2.45) is 5.92 Å². The van der Waals surface area contributed by atoms with Gasteiger partial charge in [-0.1, -0.05) is 29.3 Å². The molecule has 1 aliphatic rings. The lowest BCUT2D eigenvalue weighted by Gasteiger charge is -2.15. The van der Waals surface area contributed by atoms with Gasteiger partial charge in [0.25, 0.3) is 0 Å². The van der Waals surface area contributed by atoms with Gasteiger partial charge in [0, 0.05) is 13.0 Å². The minimum absolute atomic E-state index is 0.0346. The van der Waals surface area contributed by atoms with Crippen molar-refractivity contribution in [2.45, 2.75) is 25.4 Å². The number of hydrogen-bond acceptors (Lipinski definition) is 4. The van der Waals surface area contributed by atoms with Gasteiger partial charge in [-0.3, -0.25) is 4.79 Å². The molecule has 0 radical (unpaired) electrons. The van der Waals surface area contributed by atoms with E-state index in [4.69, 9.17) is 27.9 Å². The summed E-state index contributed by atoms with van der Waals surface area (Å²) >= 11 is 11.9. The Hall–Kier alpha value is -1.01. The molecule has 23 heavy (non-hydrogen) atoms. The molecule has 1 aromatic rings. The summed E-state index contributed by atoms with van der Waals surface area (Å²) < 4.78 is 5.43. The standard InChI is InChI=1S/C16H22Cl2N2O3/c17-13-2-1-3-14(16(13)18)23-10-12(21)9-20-15(22)5-4-11-6-7-19-8-11/h1-3,11-12,19,21H,4-10H2,(H,20,22). The van der Waals surface area contributed by atoms with Crippen molar-refractivity contribution in [3.8, 4) is 5.75 Å². The maximum absolute atomic E-state index is 11.8. The first-order valence-corrected chi connectivity index (χ1v) is 8.54. The van der Waals surface area contributed by atoms with E-state index in [0.29, 0.717) is 28.1 Å². The third kappa shape index (κ3) is 6.18. The summed E-state index contributed by atoms with van der Waals surface area (Å²) in [4.78, 5) is 11.8. The van der Waals surface area contributed by atoms with Gasteiger partial charge in [0.1, 0.15) is 23.5 Å². The van der Waals surface area contributed by atoms with Crippen molar-refractivity contribution < 1.29 is 14.6 Å². The van der Waals surface area contributed by atoms with E-state index in [0.717, 1.165) is 25.9 Å². The van der Waals surface area contributed by atoms with Crippen molar-refractivity contribution >= 4 is 29.1 Å². The van der Waals surface area contributed by atoms with Crippen LogP contribution >= 0.6 is 23.2 Å². The smallest absolute Gasteiger partial charge is 0.220 e. The van der Waals surface area contributed by atoms with Crippen LogP contribution in [0.2, 0.25) is 10.0 Å². The topological polar surface area (TPSA) is 70.6 Å². The molecule has 0 aliphatic carbocycles. The molecule has 3 N–H and O–H groups in total. The zero-order valence-electron chi connectivity index (χ0n) is 12.9. The number of nitrogens with one attached hydrogen (secondary N) is 2. The fraction of sp³-hybridized carbons (Fsp3) is 0.562. The molecular weight excluding hydrogens is 339 g/mol. The summed E-state index contributed by atoms with van der Waals surface area (Å²) in [6.07, 6.45) is 1.69. The molecular formula is C16H22Cl2N2O3. The first kappa shape index (κ1) is 18.3. The molecule has 0 spiro atoms.